The smallest absolute Gasteiger partial charge is 0.212 e. The number of guanidine groups is 1. The number of pyridine rings is 1. The third-order valence-corrected chi connectivity index (χ3v) is 2.96. The SMILES string of the molecule is CN1CCN=C1NNc1ccc2ccccc2n1. The Morgan fingerprint density at radius 3 is 2.83 bits per heavy atom. The third kappa shape index (κ3) is 2.07. The Kier molecular flexibility index (Phi) is 2.72. The molecule has 1 aromatic heterocycles. The lowest BCUT2D eigenvalue weighted by Crippen LogP contribution is -2.39. The van der Waals surface area contributed by atoms with Gasteiger partial charge in [-0.15, -0.1) is 0 Å². The molecule has 1 aliphatic rings. The number of fused-ring (bicyclic) bond motifs is 1. The minimum absolute atomic E-state index is 0.789. The Hall–Kier alpha value is -2.30. The van der Waals surface area contributed by atoms with Crippen LogP contribution in [0.2, 0.25) is 0 Å². The number of para-hydroxylation sites is 1. The molecule has 1 aliphatic heterocycles. The van der Waals surface area contributed by atoms with Gasteiger partial charge in [-0.05, 0) is 18.2 Å². The Bertz CT molecular complexity index is 593. The van der Waals surface area contributed by atoms with Crippen LogP contribution in [0, 0.1) is 0 Å². The molecule has 0 amide bonds. The summed E-state index contributed by atoms with van der Waals surface area (Å²) in [6, 6.07) is 12.0. The topological polar surface area (TPSA) is 52.5 Å². The van der Waals surface area contributed by atoms with E-state index in [0.717, 1.165) is 35.8 Å². The fourth-order valence-corrected chi connectivity index (χ4v) is 1.92. The van der Waals surface area contributed by atoms with Crippen LogP contribution in [0.5, 0.6) is 0 Å². The van der Waals surface area contributed by atoms with E-state index < -0.39 is 0 Å². The predicted molar refractivity (Wildman–Crippen MR) is 73.4 cm³/mol. The summed E-state index contributed by atoms with van der Waals surface area (Å²) >= 11 is 0. The van der Waals surface area contributed by atoms with Gasteiger partial charge in [0.25, 0.3) is 0 Å². The number of hydrogen-bond donors (Lipinski definition) is 2. The number of hydrazine groups is 1. The van der Waals surface area contributed by atoms with Crippen LogP contribution >= 0.6 is 0 Å². The molecule has 3 rings (SSSR count). The van der Waals surface area contributed by atoms with Gasteiger partial charge < -0.3 is 4.90 Å². The lowest BCUT2D eigenvalue weighted by molar-refractivity contribution is 0.540. The zero-order chi connectivity index (χ0) is 12.4. The van der Waals surface area contributed by atoms with E-state index in [-0.39, 0.29) is 0 Å². The number of hydrogen-bond acceptors (Lipinski definition) is 5. The summed E-state index contributed by atoms with van der Waals surface area (Å²) in [5, 5.41) is 1.14. The molecule has 0 saturated heterocycles. The first-order chi connectivity index (χ1) is 8.83. The van der Waals surface area contributed by atoms with E-state index >= 15 is 0 Å². The third-order valence-electron chi connectivity index (χ3n) is 2.96. The van der Waals surface area contributed by atoms with Gasteiger partial charge in [-0.1, -0.05) is 18.2 Å². The van der Waals surface area contributed by atoms with E-state index in [1.807, 2.05) is 43.4 Å². The van der Waals surface area contributed by atoms with Gasteiger partial charge >= 0.3 is 0 Å². The number of likely N-dealkylation sites (N-methyl/N-ethyl adjacent to an activating group) is 1. The summed E-state index contributed by atoms with van der Waals surface area (Å²) < 4.78 is 0. The number of rotatable bonds is 2. The molecule has 5 nitrogen and oxygen atoms in total. The standard InChI is InChI=1S/C13H15N5/c1-18-9-8-14-13(18)17-16-12-7-6-10-4-2-3-5-11(10)15-12/h2-7H,8-9H2,1H3,(H,14,17)(H,15,16). The fourth-order valence-electron chi connectivity index (χ4n) is 1.92. The summed E-state index contributed by atoms with van der Waals surface area (Å²) in [5.41, 5.74) is 7.13. The van der Waals surface area contributed by atoms with Crippen molar-refractivity contribution in [2.24, 2.45) is 4.99 Å². The van der Waals surface area contributed by atoms with Gasteiger partial charge in [0.15, 0.2) is 0 Å². The highest BCUT2D eigenvalue weighted by atomic mass is 15.5. The van der Waals surface area contributed by atoms with Gasteiger partial charge in [-0.25, -0.2) is 9.98 Å². The summed E-state index contributed by atoms with van der Waals surface area (Å²) in [6.07, 6.45) is 0. The molecule has 0 fully saturated rings. The first-order valence-electron chi connectivity index (χ1n) is 5.96. The molecule has 0 aliphatic carbocycles. The van der Waals surface area contributed by atoms with Crippen molar-refractivity contribution in [1.29, 1.82) is 0 Å². The number of anilines is 1. The molecule has 92 valence electrons. The van der Waals surface area contributed by atoms with Crippen molar-refractivity contribution < 1.29 is 0 Å². The molecule has 1 aromatic carbocycles. The maximum Gasteiger partial charge on any atom is 0.212 e. The van der Waals surface area contributed by atoms with Crippen LogP contribution in [-0.4, -0.2) is 36.0 Å². The molecule has 0 atom stereocenters. The quantitative estimate of drug-likeness (QED) is 0.781. The second kappa shape index (κ2) is 4.52. The molecule has 2 N–H and O–H groups in total. The van der Waals surface area contributed by atoms with E-state index in [1.54, 1.807) is 0 Å². The fraction of sp³-hybridized carbons (Fsp3) is 0.231. The van der Waals surface area contributed by atoms with Crippen LogP contribution in [0.4, 0.5) is 5.82 Å². The van der Waals surface area contributed by atoms with Crippen LogP contribution in [0.1, 0.15) is 0 Å². The van der Waals surface area contributed by atoms with Gasteiger partial charge in [-0.3, -0.25) is 10.9 Å². The summed E-state index contributed by atoms with van der Waals surface area (Å²) in [5.74, 6) is 1.64. The minimum Gasteiger partial charge on any atom is -0.343 e. The van der Waals surface area contributed by atoms with E-state index in [9.17, 15) is 0 Å². The summed E-state index contributed by atoms with van der Waals surface area (Å²) in [4.78, 5) is 10.9. The van der Waals surface area contributed by atoms with Crippen molar-refractivity contribution in [3.63, 3.8) is 0 Å². The van der Waals surface area contributed by atoms with E-state index in [1.165, 1.54) is 0 Å². The van der Waals surface area contributed by atoms with Crippen molar-refractivity contribution >= 4 is 22.7 Å². The van der Waals surface area contributed by atoms with Crippen molar-refractivity contribution in [3.05, 3.63) is 36.4 Å². The lowest BCUT2D eigenvalue weighted by atomic mass is 10.2. The Morgan fingerprint density at radius 2 is 2.00 bits per heavy atom. The van der Waals surface area contributed by atoms with Crippen molar-refractivity contribution in [2.45, 2.75) is 0 Å². The highest BCUT2D eigenvalue weighted by Gasteiger charge is 2.11. The number of aliphatic imine (C=N–C) groups is 1. The van der Waals surface area contributed by atoms with Crippen molar-refractivity contribution in [1.82, 2.24) is 15.3 Å². The van der Waals surface area contributed by atoms with Gasteiger partial charge in [0, 0.05) is 19.0 Å². The number of benzene rings is 1. The van der Waals surface area contributed by atoms with E-state index in [0.29, 0.717) is 0 Å². The molecule has 2 aromatic rings. The normalized spacial score (nSPS) is 14.7. The average molecular weight is 241 g/mol. The Labute approximate surface area is 106 Å². The van der Waals surface area contributed by atoms with Crippen molar-refractivity contribution in [3.8, 4) is 0 Å². The average Bonchev–Trinajstić information content (AvgIpc) is 2.82. The van der Waals surface area contributed by atoms with Crippen LogP contribution in [0.15, 0.2) is 41.4 Å². The molecular formula is C13H15N5. The highest BCUT2D eigenvalue weighted by molar-refractivity contribution is 5.83. The minimum atomic E-state index is 0.789. The highest BCUT2D eigenvalue weighted by Crippen LogP contribution is 2.13. The van der Waals surface area contributed by atoms with Crippen LogP contribution in [0.3, 0.4) is 0 Å². The van der Waals surface area contributed by atoms with Crippen LogP contribution < -0.4 is 10.9 Å². The molecule has 0 radical (unpaired) electrons. The Morgan fingerprint density at radius 1 is 1.11 bits per heavy atom. The monoisotopic (exact) mass is 241 g/mol. The molecule has 0 unspecified atom stereocenters. The van der Waals surface area contributed by atoms with E-state index in [4.69, 9.17) is 0 Å². The molecule has 0 bridgehead atoms. The largest absolute Gasteiger partial charge is 0.343 e. The number of nitrogens with one attached hydrogen (secondary N) is 2. The lowest BCUT2D eigenvalue weighted by Gasteiger charge is -2.16. The Balaban J connectivity index is 1.75. The molecule has 18 heavy (non-hydrogen) atoms. The number of aromatic nitrogens is 1. The molecular weight excluding hydrogens is 226 g/mol. The second-order valence-electron chi connectivity index (χ2n) is 4.27. The maximum atomic E-state index is 4.51. The summed E-state index contributed by atoms with van der Waals surface area (Å²) in [7, 11) is 2.01. The van der Waals surface area contributed by atoms with Crippen molar-refractivity contribution in [2.75, 3.05) is 25.6 Å². The first kappa shape index (κ1) is 10.8. The van der Waals surface area contributed by atoms with Crippen LogP contribution in [0.25, 0.3) is 10.9 Å². The van der Waals surface area contributed by atoms with Gasteiger partial charge in [0.2, 0.25) is 5.96 Å². The molecule has 5 heteroatoms. The molecule has 2 heterocycles. The first-order valence-corrected chi connectivity index (χ1v) is 5.96. The number of nitrogens with zero attached hydrogens (tertiary/aromatic N) is 3. The predicted octanol–water partition coefficient (Wildman–Crippen LogP) is 1.45. The zero-order valence-electron chi connectivity index (χ0n) is 10.2. The van der Waals surface area contributed by atoms with Gasteiger partial charge in [0.1, 0.15) is 5.82 Å². The van der Waals surface area contributed by atoms with Gasteiger partial charge in [-0.2, -0.15) is 0 Å². The van der Waals surface area contributed by atoms with Gasteiger partial charge in [0.05, 0.1) is 12.1 Å². The van der Waals surface area contributed by atoms with Crippen LogP contribution in [-0.2, 0) is 0 Å². The second-order valence-corrected chi connectivity index (χ2v) is 4.27. The summed E-state index contributed by atoms with van der Waals surface area (Å²) in [6.45, 7) is 1.79. The molecule has 0 spiro atoms. The molecule has 0 saturated carbocycles. The maximum absolute atomic E-state index is 4.51. The zero-order valence-corrected chi connectivity index (χ0v) is 10.2. The van der Waals surface area contributed by atoms with E-state index in [2.05, 4.69) is 25.7 Å².